The molecule has 0 N–H and O–H groups in total. The van der Waals surface area contributed by atoms with Gasteiger partial charge in [-0.25, -0.2) is 13.8 Å². The van der Waals surface area contributed by atoms with Crippen LogP contribution in [0.1, 0.15) is 6.92 Å². The molecule has 1 aromatic rings. The highest BCUT2D eigenvalue weighted by atomic mass is 35.5. The molecule has 0 fully saturated rings. The Bertz CT molecular complexity index is 327. The lowest BCUT2D eigenvalue weighted by Gasteiger charge is -2.11. The summed E-state index contributed by atoms with van der Waals surface area (Å²) >= 11 is 5.47. The van der Waals surface area contributed by atoms with Crippen molar-refractivity contribution in [2.24, 2.45) is 0 Å². The Labute approximate surface area is 83.7 Å². The van der Waals surface area contributed by atoms with Crippen LogP contribution in [0.2, 0.25) is 5.02 Å². The first-order valence-corrected chi connectivity index (χ1v) is 4.08. The predicted molar refractivity (Wildman–Crippen MR) is 45.3 cm³/mol. The standard InChI is InChI=1S/C8H7ClF3NO/c1-8(11,12)4-14-6-2-5(9)3-13-7(6)10/h2-3H,4H2,1H3. The molecule has 0 saturated heterocycles. The van der Waals surface area contributed by atoms with Crippen LogP contribution in [0.3, 0.4) is 0 Å². The van der Waals surface area contributed by atoms with Gasteiger partial charge in [-0.05, 0) is 0 Å². The molecule has 0 atom stereocenters. The zero-order valence-electron chi connectivity index (χ0n) is 7.23. The number of hydrogen-bond donors (Lipinski definition) is 0. The highest BCUT2D eigenvalue weighted by Gasteiger charge is 2.23. The molecule has 78 valence electrons. The molecule has 6 heteroatoms. The van der Waals surface area contributed by atoms with Gasteiger partial charge in [0.1, 0.15) is 0 Å². The van der Waals surface area contributed by atoms with Gasteiger partial charge in [0.05, 0.1) is 5.02 Å². The van der Waals surface area contributed by atoms with Gasteiger partial charge in [-0.15, -0.1) is 0 Å². The highest BCUT2D eigenvalue weighted by molar-refractivity contribution is 6.30. The summed E-state index contributed by atoms with van der Waals surface area (Å²) in [5, 5.41) is 0.126. The molecule has 1 heterocycles. The van der Waals surface area contributed by atoms with Crippen molar-refractivity contribution in [2.75, 3.05) is 6.61 Å². The molecule has 0 aromatic carbocycles. The molecule has 0 spiro atoms. The van der Waals surface area contributed by atoms with E-state index in [2.05, 4.69) is 9.72 Å². The van der Waals surface area contributed by atoms with Crippen LogP contribution >= 0.6 is 11.6 Å². The van der Waals surface area contributed by atoms with Crippen molar-refractivity contribution in [3.63, 3.8) is 0 Å². The maximum Gasteiger partial charge on any atom is 0.278 e. The minimum atomic E-state index is -3.02. The average molecular weight is 226 g/mol. The summed E-state index contributed by atoms with van der Waals surface area (Å²) in [6, 6.07) is 1.09. The van der Waals surface area contributed by atoms with E-state index in [0.29, 0.717) is 6.92 Å². The third-order valence-electron chi connectivity index (χ3n) is 1.25. The first kappa shape index (κ1) is 11.1. The van der Waals surface area contributed by atoms with Crippen molar-refractivity contribution >= 4 is 11.6 Å². The molecule has 2 nitrogen and oxygen atoms in total. The third-order valence-corrected chi connectivity index (χ3v) is 1.46. The molecule has 0 aliphatic rings. The van der Waals surface area contributed by atoms with Crippen LogP contribution in [0.5, 0.6) is 5.75 Å². The molecule has 0 aliphatic heterocycles. The quantitative estimate of drug-likeness (QED) is 0.738. The fraction of sp³-hybridized carbons (Fsp3) is 0.375. The largest absolute Gasteiger partial charge is 0.482 e. The van der Waals surface area contributed by atoms with Gasteiger partial charge in [0.15, 0.2) is 12.4 Å². The number of pyridine rings is 1. The van der Waals surface area contributed by atoms with E-state index in [4.69, 9.17) is 11.6 Å². The van der Waals surface area contributed by atoms with E-state index in [-0.39, 0.29) is 10.8 Å². The maximum atomic E-state index is 12.8. The fourth-order valence-electron chi connectivity index (χ4n) is 0.710. The normalized spacial score (nSPS) is 11.5. The number of ether oxygens (including phenoxy) is 1. The van der Waals surface area contributed by atoms with E-state index in [0.717, 1.165) is 12.3 Å². The van der Waals surface area contributed by atoms with Gasteiger partial charge < -0.3 is 4.74 Å². The van der Waals surface area contributed by atoms with Crippen LogP contribution in [0.25, 0.3) is 0 Å². The van der Waals surface area contributed by atoms with Gasteiger partial charge in [-0.1, -0.05) is 11.6 Å². The van der Waals surface area contributed by atoms with Gasteiger partial charge in [-0.2, -0.15) is 4.39 Å². The Hall–Kier alpha value is -0.970. The molecule has 0 aliphatic carbocycles. The first-order valence-electron chi connectivity index (χ1n) is 3.70. The Morgan fingerprint density at radius 3 is 2.79 bits per heavy atom. The van der Waals surface area contributed by atoms with Gasteiger partial charge in [0.25, 0.3) is 11.9 Å². The summed E-state index contributed by atoms with van der Waals surface area (Å²) in [6.07, 6.45) is 1.06. The van der Waals surface area contributed by atoms with E-state index in [9.17, 15) is 13.2 Å². The molecular weight excluding hydrogens is 219 g/mol. The zero-order valence-corrected chi connectivity index (χ0v) is 7.99. The topological polar surface area (TPSA) is 22.1 Å². The lowest BCUT2D eigenvalue weighted by molar-refractivity contribution is -0.0241. The summed E-state index contributed by atoms with van der Waals surface area (Å²) in [4.78, 5) is 3.21. The molecule has 14 heavy (non-hydrogen) atoms. The number of rotatable bonds is 3. The first-order chi connectivity index (χ1) is 6.38. The fourth-order valence-corrected chi connectivity index (χ4v) is 0.858. The van der Waals surface area contributed by atoms with E-state index >= 15 is 0 Å². The van der Waals surface area contributed by atoms with Crippen LogP contribution in [0.15, 0.2) is 12.3 Å². The number of aromatic nitrogens is 1. The summed E-state index contributed by atoms with van der Waals surface area (Å²) in [6.45, 7) is -0.241. The van der Waals surface area contributed by atoms with E-state index in [1.807, 2.05) is 0 Å². The molecular formula is C8H7ClF3NO. The minimum absolute atomic E-state index is 0.126. The molecule has 0 radical (unpaired) electrons. The summed E-state index contributed by atoms with van der Waals surface area (Å²) in [5.41, 5.74) is 0. The van der Waals surface area contributed by atoms with Crippen molar-refractivity contribution in [1.82, 2.24) is 4.98 Å². The molecule has 1 rings (SSSR count). The van der Waals surface area contributed by atoms with Gasteiger partial charge >= 0.3 is 0 Å². The van der Waals surface area contributed by atoms with Crippen LogP contribution < -0.4 is 4.74 Å². The SMILES string of the molecule is CC(F)(F)COc1cc(Cl)cnc1F. The second-order valence-electron chi connectivity index (χ2n) is 2.80. The second-order valence-corrected chi connectivity index (χ2v) is 3.24. The lowest BCUT2D eigenvalue weighted by Crippen LogP contribution is -2.21. The van der Waals surface area contributed by atoms with Gasteiger partial charge in [-0.3, -0.25) is 0 Å². The number of alkyl halides is 2. The van der Waals surface area contributed by atoms with E-state index in [1.165, 1.54) is 0 Å². The van der Waals surface area contributed by atoms with Crippen molar-refractivity contribution < 1.29 is 17.9 Å². The average Bonchev–Trinajstić information content (AvgIpc) is 2.05. The van der Waals surface area contributed by atoms with E-state index < -0.39 is 18.5 Å². The third kappa shape index (κ3) is 3.41. The molecule has 0 saturated carbocycles. The van der Waals surface area contributed by atoms with Crippen molar-refractivity contribution in [2.45, 2.75) is 12.8 Å². The maximum absolute atomic E-state index is 12.8. The molecule has 0 amide bonds. The van der Waals surface area contributed by atoms with Gasteiger partial charge in [0, 0.05) is 19.2 Å². The van der Waals surface area contributed by atoms with E-state index in [1.54, 1.807) is 0 Å². The molecule has 0 unspecified atom stereocenters. The van der Waals surface area contributed by atoms with Crippen molar-refractivity contribution in [1.29, 1.82) is 0 Å². The summed E-state index contributed by atoms with van der Waals surface area (Å²) in [7, 11) is 0. The van der Waals surface area contributed by atoms with Crippen LogP contribution in [-0.2, 0) is 0 Å². The number of nitrogens with zero attached hydrogens (tertiary/aromatic N) is 1. The van der Waals surface area contributed by atoms with Gasteiger partial charge in [0.2, 0.25) is 0 Å². The number of hydrogen-bond acceptors (Lipinski definition) is 2. The Balaban J connectivity index is 2.72. The lowest BCUT2D eigenvalue weighted by atomic mass is 10.4. The minimum Gasteiger partial charge on any atom is -0.482 e. The Morgan fingerprint density at radius 1 is 1.57 bits per heavy atom. The smallest absolute Gasteiger partial charge is 0.278 e. The van der Waals surface area contributed by atoms with Crippen LogP contribution in [0.4, 0.5) is 13.2 Å². The molecule has 0 bridgehead atoms. The van der Waals surface area contributed by atoms with Crippen LogP contribution in [-0.4, -0.2) is 17.5 Å². The second kappa shape index (κ2) is 4.04. The van der Waals surface area contributed by atoms with Crippen LogP contribution in [0, 0.1) is 5.95 Å². The number of halogens is 4. The Morgan fingerprint density at radius 2 is 2.21 bits per heavy atom. The summed E-state index contributed by atoms with van der Waals surface area (Å²) < 4.78 is 42.0. The summed E-state index contributed by atoms with van der Waals surface area (Å²) in [5.74, 6) is -4.35. The monoisotopic (exact) mass is 225 g/mol. The highest BCUT2D eigenvalue weighted by Crippen LogP contribution is 2.21. The predicted octanol–water partition coefficient (Wildman–Crippen LogP) is 2.91. The molecule has 1 aromatic heterocycles. The zero-order chi connectivity index (χ0) is 10.8. The van der Waals surface area contributed by atoms with Crippen molar-refractivity contribution in [3.8, 4) is 5.75 Å². The Kier molecular flexibility index (Phi) is 3.21. The van der Waals surface area contributed by atoms with Crippen molar-refractivity contribution in [3.05, 3.63) is 23.2 Å².